The second-order valence-electron chi connectivity index (χ2n) is 3.22. The fourth-order valence-electron chi connectivity index (χ4n) is 1.50. The van der Waals surface area contributed by atoms with Crippen molar-refractivity contribution < 1.29 is 19.0 Å². The van der Waals surface area contributed by atoms with Crippen LogP contribution in [0.1, 0.15) is 12.0 Å². The number of methoxy groups -OCH3 is 3. The SMILES string of the molecule is COc1cc(OC)c(OC)cc1CCC=O. The van der Waals surface area contributed by atoms with Gasteiger partial charge in [0.1, 0.15) is 12.0 Å². The van der Waals surface area contributed by atoms with Crippen LogP contribution in [0.2, 0.25) is 0 Å². The molecule has 1 aromatic carbocycles. The van der Waals surface area contributed by atoms with Crippen LogP contribution in [-0.2, 0) is 11.2 Å². The van der Waals surface area contributed by atoms with Crippen molar-refractivity contribution in [2.45, 2.75) is 12.8 Å². The molecule has 0 aliphatic carbocycles. The van der Waals surface area contributed by atoms with Crippen molar-refractivity contribution in [3.8, 4) is 17.2 Å². The molecule has 0 radical (unpaired) electrons. The molecule has 0 saturated carbocycles. The zero-order valence-corrected chi connectivity index (χ0v) is 9.78. The van der Waals surface area contributed by atoms with Crippen LogP contribution in [0.3, 0.4) is 0 Å². The first-order chi connectivity index (χ1) is 7.76. The van der Waals surface area contributed by atoms with Crippen LogP contribution in [0.4, 0.5) is 0 Å². The molecule has 88 valence electrons. The van der Waals surface area contributed by atoms with E-state index in [-0.39, 0.29) is 0 Å². The van der Waals surface area contributed by atoms with E-state index in [1.165, 1.54) is 0 Å². The van der Waals surface area contributed by atoms with Crippen molar-refractivity contribution in [1.82, 2.24) is 0 Å². The maximum absolute atomic E-state index is 10.4. The van der Waals surface area contributed by atoms with Crippen molar-refractivity contribution >= 4 is 6.29 Å². The summed E-state index contributed by atoms with van der Waals surface area (Å²) in [5, 5.41) is 0. The van der Waals surface area contributed by atoms with Crippen LogP contribution in [0.15, 0.2) is 12.1 Å². The summed E-state index contributed by atoms with van der Waals surface area (Å²) >= 11 is 0. The monoisotopic (exact) mass is 224 g/mol. The molecule has 16 heavy (non-hydrogen) atoms. The summed E-state index contributed by atoms with van der Waals surface area (Å²) in [5.74, 6) is 1.97. The van der Waals surface area contributed by atoms with Crippen LogP contribution in [-0.4, -0.2) is 27.6 Å². The summed E-state index contributed by atoms with van der Waals surface area (Å²) in [4.78, 5) is 10.4. The third-order valence-corrected chi connectivity index (χ3v) is 2.32. The van der Waals surface area contributed by atoms with Crippen molar-refractivity contribution in [1.29, 1.82) is 0 Å². The minimum atomic E-state index is 0.464. The normalized spacial score (nSPS) is 9.69. The fraction of sp³-hybridized carbons (Fsp3) is 0.417. The third kappa shape index (κ3) is 2.66. The Morgan fingerprint density at radius 1 is 1.00 bits per heavy atom. The van der Waals surface area contributed by atoms with E-state index in [0.717, 1.165) is 11.8 Å². The Hall–Kier alpha value is -1.71. The maximum atomic E-state index is 10.4. The molecule has 0 aliphatic rings. The Kier molecular flexibility index (Phi) is 4.64. The zero-order valence-electron chi connectivity index (χ0n) is 9.78. The molecule has 0 heterocycles. The number of benzene rings is 1. The molecule has 4 heteroatoms. The number of carbonyl (C=O) groups is 1. The van der Waals surface area contributed by atoms with Gasteiger partial charge in [-0.2, -0.15) is 0 Å². The summed E-state index contributed by atoms with van der Waals surface area (Å²) in [6.07, 6.45) is 1.98. The Balaban J connectivity index is 3.09. The van der Waals surface area contributed by atoms with Crippen molar-refractivity contribution in [2.24, 2.45) is 0 Å². The summed E-state index contributed by atoms with van der Waals surface area (Å²) in [6, 6.07) is 3.60. The highest BCUT2D eigenvalue weighted by atomic mass is 16.5. The van der Waals surface area contributed by atoms with Crippen molar-refractivity contribution in [3.05, 3.63) is 17.7 Å². The predicted octanol–water partition coefficient (Wildman–Crippen LogP) is 1.84. The number of ether oxygens (including phenoxy) is 3. The highest BCUT2D eigenvalue weighted by Crippen LogP contribution is 2.34. The van der Waals surface area contributed by atoms with Gasteiger partial charge in [-0.3, -0.25) is 0 Å². The van der Waals surface area contributed by atoms with Gasteiger partial charge in [-0.15, -0.1) is 0 Å². The smallest absolute Gasteiger partial charge is 0.164 e. The number of hydrogen-bond donors (Lipinski definition) is 0. The first-order valence-electron chi connectivity index (χ1n) is 4.99. The van der Waals surface area contributed by atoms with E-state index >= 15 is 0 Å². The van der Waals surface area contributed by atoms with Gasteiger partial charge in [0.15, 0.2) is 11.5 Å². The molecule has 0 spiro atoms. The predicted molar refractivity (Wildman–Crippen MR) is 60.5 cm³/mol. The second kappa shape index (κ2) is 6.00. The first kappa shape index (κ1) is 12.4. The lowest BCUT2D eigenvalue weighted by Gasteiger charge is -2.13. The van der Waals surface area contributed by atoms with E-state index in [1.807, 2.05) is 6.07 Å². The number of carbonyl (C=O) groups excluding carboxylic acids is 1. The highest BCUT2D eigenvalue weighted by molar-refractivity contribution is 5.54. The van der Waals surface area contributed by atoms with E-state index < -0.39 is 0 Å². The van der Waals surface area contributed by atoms with E-state index in [1.54, 1.807) is 27.4 Å². The summed E-state index contributed by atoms with van der Waals surface area (Å²) in [6.45, 7) is 0. The van der Waals surface area contributed by atoms with Gasteiger partial charge in [0, 0.05) is 12.5 Å². The van der Waals surface area contributed by atoms with Gasteiger partial charge in [-0.25, -0.2) is 0 Å². The molecular weight excluding hydrogens is 208 g/mol. The van der Waals surface area contributed by atoms with E-state index in [2.05, 4.69) is 0 Å². The molecule has 0 amide bonds. The molecule has 0 N–H and O–H groups in total. The van der Waals surface area contributed by atoms with Gasteiger partial charge in [0.05, 0.1) is 21.3 Å². The van der Waals surface area contributed by atoms with Gasteiger partial charge in [0.2, 0.25) is 0 Å². The fourth-order valence-corrected chi connectivity index (χ4v) is 1.50. The lowest BCUT2D eigenvalue weighted by molar-refractivity contribution is -0.107. The molecule has 0 fully saturated rings. The van der Waals surface area contributed by atoms with Crippen LogP contribution in [0.5, 0.6) is 17.2 Å². The highest BCUT2D eigenvalue weighted by Gasteiger charge is 2.11. The molecular formula is C12H16O4. The maximum Gasteiger partial charge on any atom is 0.164 e. The van der Waals surface area contributed by atoms with Gasteiger partial charge < -0.3 is 19.0 Å². The quantitative estimate of drug-likeness (QED) is 0.692. The zero-order chi connectivity index (χ0) is 12.0. The largest absolute Gasteiger partial charge is 0.496 e. The average Bonchev–Trinajstić information content (AvgIpc) is 2.35. The van der Waals surface area contributed by atoms with E-state index in [4.69, 9.17) is 14.2 Å². The topological polar surface area (TPSA) is 44.8 Å². The van der Waals surface area contributed by atoms with Gasteiger partial charge in [-0.1, -0.05) is 0 Å². The Bertz CT molecular complexity index is 360. The van der Waals surface area contributed by atoms with E-state index in [0.29, 0.717) is 30.1 Å². The van der Waals surface area contributed by atoms with Crippen molar-refractivity contribution in [2.75, 3.05) is 21.3 Å². The molecule has 0 aliphatic heterocycles. The molecule has 0 bridgehead atoms. The standard InChI is InChI=1S/C12H16O4/c1-14-10-8-12(16-3)11(15-2)7-9(10)5-4-6-13/h6-8H,4-5H2,1-3H3. The Morgan fingerprint density at radius 3 is 2.06 bits per heavy atom. The first-order valence-corrected chi connectivity index (χ1v) is 4.99. The Morgan fingerprint density at radius 2 is 1.56 bits per heavy atom. The minimum absolute atomic E-state index is 0.464. The number of aldehydes is 1. The number of rotatable bonds is 6. The summed E-state index contributed by atoms with van der Waals surface area (Å²) in [5.41, 5.74) is 0.937. The van der Waals surface area contributed by atoms with Gasteiger partial charge >= 0.3 is 0 Å². The van der Waals surface area contributed by atoms with Crippen LogP contribution >= 0.6 is 0 Å². The molecule has 4 nitrogen and oxygen atoms in total. The summed E-state index contributed by atoms with van der Waals surface area (Å²) < 4.78 is 15.6. The molecule has 0 atom stereocenters. The van der Waals surface area contributed by atoms with Crippen LogP contribution in [0, 0.1) is 0 Å². The van der Waals surface area contributed by atoms with E-state index in [9.17, 15) is 4.79 Å². The van der Waals surface area contributed by atoms with Gasteiger partial charge in [0.25, 0.3) is 0 Å². The lowest BCUT2D eigenvalue weighted by atomic mass is 10.1. The molecule has 0 aromatic heterocycles. The van der Waals surface area contributed by atoms with Crippen molar-refractivity contribution in [3.63, 3.8) is 0 Å². The number of hydrogen-bond acceptors (Lipinski definition) is 4. The second-order valence-corrected chi connectivity index (χ2v) is 3.22. The Labute approximate surface area is 95.1 Å². The molecule has 1 aromatic rings. The average molecular weight is 224 g/mol. The molecule has 1 rings (SSSR count). The minimum Gasteiger partial charge on any atom is -0.496 e. The summed E-state index contributed by atoms with van der Waals surface area (Å²) in [7, 11) is 4.74. The molecule has 0 unspecified atom stereocenters. The van der Waals surface area contributed by atoms with Gasteiger partial charge in [-0.05, 0) is 18.1 Å². The third-order valence-electron chi connectivity index (χ3n) is 2.32. The lowest BCUT2D eigenvalue weighted by Crippen LogP contribution is -1.97. The number of aryl methyl sites for hydroxylation is 1. The van der Waals surface area contributed by atoms with Crippen LogP contribution in [0.25, 0.3) is 0 Å². The molecule has 0 saturated heterocycles. The van der Waals surface area contributed by atoms with Crippen LogP contribution < -0.4 is 14.2 Å².